The van der Waals surface area contributed by atoms with Crippen molar-refractivity contribution in [2.75, 3.05) is 58.9 Å². The molecule has 1 saturated heterocycles. The maximum absolute atomic E-state index is 5.77. The Morgan fingerprint density at radius 2 is 1.70 bits per heavy atom. The number of allylic oxidation sites excluding steroid dienone is 1. The lowest BCUT2D eigenvalue weighted by Crippen LogP contribution is -2.44. The Kier molecular flexibility index (Phi) is 6.38. The number of methoxy groups -OCH3 is 2. The molecule has 0 spiro atoms. The molecule has 0 saturated carbocycles. The third-order valence-electron chi connectivity index (χ3n) is 6.00. The van der Waals surface area contributed by atoms with Gasteiger partial charge in [-0.25, -0.2) is 0 Å². The first-order chi connectivity index (χ1) is 14.7. The van der Waals surface area contributed by atoms with Crippen LogP contribution in [0.1, 0.15) is 12.0 Å². The quantitative estimate of drug-likeness (QED) is 0.696. The van der Waals surface area contributed by atoms with Crippen LogP contribution >= 0.6 is 0 Å². The minimum atomic E-state index is 0.803. The van der Waals surface area contributed by atoms with Crippen LogP contribution in [0.5, 0.6) is 11.5 Å². The molecule has 4 rings (SSSR count). The van der Waals surface area contributed by atoms with Crippen LogP contribution in [0.25, 0.3) is 11.1 Å². The van der Waals surface area contributed by atoms with Gasteiger partial charge in [-0.3, -0.25) is 4.99 Å². The van der Waals surface area contributed by atoms with E-state index in [2.05, 4.69) is 64.3 Å². The van der Waals surface area contributed by atoms with E-state index in [1.54, 1.807) is 14.2 Å². The predicted octanol–water partition coefficient (Wildman–Crippen LogP) is 4.07. The van der Waals surface area contributed by atoms with E-state index in [-0.39, 0.29) is 0 Å². The molecule has 0 unspecified atom stereocenters. The summed E-state index contributed by atoms with van der Waals surface area (Å²) in [4.78, 5) is 9.38. The number of benzene rings is 2. The van der Waals surface area contributed by atoms with E-state index in [4.69, 9.17) is 9.47 Å². The van der Waals surface area contributed by atoms with Crippen molar-refractivity contribution in [2.24, 2.45) is 4.99 Å². The number of ether oxygens (including phenoxy) is 2. The second kappa shape index (κ2) is 9.35. The molecule has 5 heteroatoms. The molecule has 2 aromatic rings. The Labute approximate surface area is 179 Å². The van der Waals surface area contributed by atoms with Crippen LogP contribution in [0.4, 0.5) is 5.69 Å². The average Bonchev–Trinajstić information content (AvgIpc) is 3.31. The number of hydrogen-bond donors (Lipinski definition) is 0. The summed E-state index contributed by atoms with van der Waals surface area (Å²) >= 11 is 0. The molecule has 0 amide bonds. The van der Waals surface area contributed by atoms with Crippen LogP contribution in [0.3, 0.4) is 0 Å². The number of nitrogens with zero attached hydrogens (tertiary/aromatic N) is 3. The van der Waals surface area contributed by atoms with Gasteiger partial charge in [0.2, 0.25) is 0 Å². The Balaban J connectivity index is 1.63. The Morgan fingerprint density at radius 3 is 2.33 bits per heavy atom. The number of piperazine rings is 1. The predicted molar refractivity (Wildman–Crippen MR) is 124 cm³/mol. The summed E-state index contributed by atoms with van der Waals surface area (Å²) in [5.74, 6) is 1.67. The Bertz CT molecular complexity index is 926. The molecule has 158 valence electrons. The van der Waals surface area contributed by atoms with Gasteiger partial charge in [0.05, 0.1) is 20.8 Å². The number of hydrogen-bond acceptors (Lipinski definition) is 5. The molecule has 0 radical (unpaired) electrons. The van der Waals surface area contributed by atoms with E-state index >= 15 is 0 Å². The van der Waals surface area contributed by atoms with Crippen molar-refractivity contribution in [3.8, 4) is 22.6 Å². The molecule has 0 bridgehead atoms. The van der Waals surface area contributed by atoms with E-state index in [1.165, 1.54) is 16.8 Å². The molecule has 0 atom stereocenters. The van der Waals surface area contributed by atoms with Crippen molar-refractivity contribution in [1.29, 1.82) is 0 Å². The molecule has 30 heavy (non-hydrogen) atoms. The molecule has 1 fully saturated rings. The van der Waals surface area contributed by atoms with Gasteiger partial charge in [-0.1, -0.05) is 18.2 Å². The zero-order valence-corrected chi connectivity index (χ0v) is 18.2. The fourth-order valence-electron chi connectivity index (χ4n) is 4.19. The lowest BCUT2D eigenvalue weighted by Gasteiger charge is -2.34. The maximum Gasteiger partial charge on any atom is 0.130 e. The second-order valence-corrected chi connectivity index (χ2v) is 7.94. The van der Waals surface area contributed by atoms with E-state index in [0.717, 1.165) is 68.3 Å². The molecule has 2 aliphatic heterocycles. The molecule has 0 aliphatic carbocycles. The maximum atomic E-state index is 5.77. The first-order valence-electron chi connectivity index (χ1n) is 10.7. The van der Waals surface area contributed by atoms with Crippen LogP contribution in [0, 0.1) is 0 Å². The summed E-state index contributed by atoms with van der Waals surface area (Å²) in [7, 11) is 5.61. The van der Waals surface area contributed by atoms with Crippen LogP contribution in [0.15, 0.2) is 53.5 Å². The largest absolute Gasteiger partial charge is 0.497 e. The topological polar surface area (TPSA) is 37.3 Å². The zero-order chi connectivity index (χ0) is 20.9. The highest BCUT2D eigenvalue weighted by Gasteiger charge is 2.17. The minimum Gasteiger partial charge on any atom is -0.497 e. The first kappa shape index (κ1) is 20.5. The van der Waals surface area contributed by atoms with Gasteiger partial charge in [-0.05, 0) is 55.3 Å². The summed E-state index contributed by atoms with van der Waals surface area (Å²) in [5.41, 5.74) is 5.98. The van der Waals surface area contributed by atoms with Crippen molar-refractivity contribution >= 4 is 11.4 Å². The third kappa shape index (κ3) is 4.51. The summed E-state index contributed by atoms with van der Waals surface area (Å²) in [5, 5.41) is 0. The second-order valence-electron chi connectivity index (χ2n) is 7.94. The molecule has 0 aromatic heterocycles. The lowest BCUT2D eigenvalue weighted by atomic mass is 9.94. The monoisotopic (exact) mass is 405 g/mol. The number of rotatable bonds is 7. The van der Waals surface area contributed by atoms with Crippen LogP contribution in [-0.4, -0.2) is 64.6 Å². The van der Waals surface area contributed by atoms with E-state index in [9.17, 15) is 0 Å². The minimum absolute atomic E-state index is 0.803. The molecular weight excluding hydrogens is 374 g/mol. The normalized spacial score (nSPS) is 16.6. The summed E-state index contributed by atoms with van der Waals surface area (Å²) in [6.45, 7) is 5.16. The van der Waals surface area contributed by atoms with Crippen molar-refractivity contribution in [2.45, 2.75) is 12.8 Å². The Morgan fingerprint density at radius 1 is 0.933 bits per heavy atom. The molecule has 2 aromatic carbocycles. The molecular formula is C25H31N3O2. The van der Waals surface area contributed by atoms with Crippen LogP contribution in [-0.2, 0) is 6.42 Å². The van der Waals surface area contributed by atoms with Crippen LogP contribution in [0.2, 0.25) is 0 Å². The van der Waals surface area contributed by atoms with Gasteiger partial charge in [-0.15, -0.1) is 0 Å². The standard InChI is InChI=1S/C25H31N3O2/c1-27-13-15-28(16-14-27)22-10-7-19(8-11-22)25-20(6-9-21-5-4-12-26-21)17-23(29-2)18-24(25)30-3/h4-5,7-8,10-11,17-18H,6,9,12-16H2,1-3H3. The fourth-order valence-corrected chi connectivity index (χ4v) is 4.19. The highest BCUT2D eigenvalue weighted by atomic mass is 16.5. The highest BCUT2D eigenvalue weighted by Crippen LogP contribution is 2.38. The van der Waals surface area contributed by atoms with E-state index in [1.807, 2.05) is 6.07 Å². The fraction of sp³-hybridized carbons (Fsp3) is 0.400. The molecule has 0 N–H and O–H groups in total. The van der Waals surface area contributed by atoms with Gasteiger partial charge in [0.25, 0.3) is 0 Å². The smallest absolute Gasteiger partial charge is 0.130 e. The van der Waals surface area contributed by atoms with Gasteiger partial charge in [0.15, 0.2) is 0 Å². The summed E-state index contributed by atoms with van der Waals surface area (Å²) in [6.07, 6.45) is 6.05. The van der Waals surface area contributed by atoms with E-state index in [0.29, 0.717) is 0 Å². The van der Waals surface area contributed by atoms with Crippen LogP contribution < -0.4 is 14.4 Å². The summed E-state index contributed by atoms with van der Waals surface area (Å²) < 4.78 is 11.3. The lowest BCUT2D eigenvalue weighted by molar-refractivity contribution is 0.313. The molecule has 5 nitrogen and oxygen atoms in total. The zero-order valence-electron chi connectivity index (χ0n) is 18.2. The van der Waals surface area contributed by atoms with Crippen molar-refractivity contribution in [3.05, 3.63) is 54.1 Å². The van der Waals surface area contributed by atoms with E-state index < -0.39 is 0 Å². The number of aliphatic imine (C=N–C) groups is 1. The Hall–Kier alpha value is -2.79. The number of likely N-dealkylation sites (N-methyl/N-ethyl adjacent to an activating group) is 1. The average molecular weight is 406 g/mol. The van der Waals surface area contributed by atoms with Gasteiger partial charge in [0, 0.05) is 49.2 Å². The van der Waals surface area contributed by atoms with Crippen molar-refractivity contribution in [1.82, 2.24) is 4.90 Å². The number of aryl methyl sites for hydroxylation is 1. The van der Waals surface area contributed by atoms with Crippen molar-refractivity contribution < 1.29 is 9.47 Å². The van der Waals surface area contributed by atoms with Gasteiger partial charge < -0.3 is 19.3 Å². The number of anilines is 1. The van der Waals surface area contributed by atoms with Crippen molar-refractivity contribution in [3.63, 3.8) is 0 Å². The highest BCUT2D eigenvalue weighted by molar-refractivity contribution is 5.96. The van der Waals surface area contributed by atoms with Gasteiger partial charge in [-0.2, -0.15) is 0 Å². The summed E-state index contributed by atoms with van der Waals surface area (Å²) in [6, 6.07) is 13.0. The first-order valence-corrected chi connectivity index (χ1v) is 10.7. The van der Waals surface area contributed by atoms with Gasteiger partial charge in [0.1, 0.15) is 11.5 Å². The SMILES string of the molecule is COc1cc(CCC2=NCC=C2)c(-c2ccc(N3CCN(C)CC3)cc2)c(OC)c1. The van der Waals surface area contributed by atoms with Gasteiger partial charge >= 0.3 is 0 Å². The third-order valence-corrected chi connectivity index (χ3v) is 6.00. The molecule has 2 heterocycles. The molecule has 2 aliphatic rings.